The molecular formula is C24H30N4O4. The molecule has 8 nitrogen and oxygen atoms in total. The number of hydroxylamine groups is 2. The predicted octanol–water partition coefficient (Wildman–Crippen LogP) is 5.64. The molecule has 2 rings (SSSR count). The summed E-state index contributed by atoms with van der Waals surface area (Å²) in [6, 6.07) is 16.8. The van der Waals surface area contributed by atoms with Crippen molar-refractivity contribution in [2.75, 3.05) is 6.54 Å². The fourth-order valence-corrected chi connectivity index (χ4v) is 2.92. The number of aryl methyl sites for hydroxylation is 1. The minimum atomic E-state index is -0.578. The van der Waals surface area contributed by atoms with E-state index in [9.17, 15) is 9.59 Å². The Kier molecular flexibility index (Phi) is 9.73. The fraction of sp³-hybridized carbons (Fsp3) is 0.417. The molecule has 0 aliphatic rings. The third-order valence-electron chi connectivity index (χ3n) is 4.40. The number of hydrogen-bond acceptors (Lipinski definition) is 5. The summed E-state index contributed by atoms with van der Waals surface area (Å²) in [7, 11) is 0. The molecule has 0 bridgehead atoms. The monoisotopic (exact) mass is 438 g/mol. The molecule has 0 aliphatic heterocycles. The van der Waals surface area contributed by atoms with Gasteiger partial charge in [-0.2, -0.15) is 0 Å². The molecule has 0 N–H and O–H groups in total. The van der Waals surface area contributed by atoms with Gasteiger partial charge in [-0.3, -0.25) is 14.4 Å². The van der Waals surface area contributed by atoms with Crippen molar-refractivity contribution in [3.05, 3.63) is 76.2 Å². The number of benzene rings is 2. The molecule has 0 spiro atoms. The van der Waals surface area contributed by atoms with E-state index in [1.165, 1.54) is 5.06 Å². The summed E-state index contributed by atoms with van der Waals surface area (Å²) in [4.78, 5) is 33.4. The van der Waals surface area contributed by atoms with E-state index < -0.39 is 5.60 Å². The van der Waals surface area contributed by atoms with Crippen LogP contribution in [0.4, 0.5) is 5.69 Å². The van der Waals surface area contributed by atoms with E-state index in [1.807, 2.05) is 42.5 Å². The van der Waals surface area contributed by atoms with E-state index in [-0.39, 0.29) is 37.9 Å². The van der Waals surface area contributed by atoms with Crippen LogP contribution >= 0.6 is 0 Å². The van der Waals surface area contributed by atoms with Gasteiger partial charge >= 0.3 is 5.97 Å². The number of carbonyl (C=O) groups is 2. The Morgan fingerprint density at radius 3 is 2.31 bits per heavy atom. The van der Waals surface area contributed by atoms with Crippen LogP contribution in [0.25, 0.3) is 10.4 Å². The number of carbonyl (C=O) groups excluding carboxylic acids is 2. The summed E-state index contributed by atoms with van der Waals surface area (Å²) in [6.45, 7) is 5.78. The van der Waals surface area contributed by atoms with Gasteiger partial charge in [0.15, 0.2) is 0 Å². The van der Waals surface area contributed by atoms with Gasteiger partial charge in [0.1, 0.15) is 12.2 Å². The number of ether oxygens (including phenoxy) is 1. The Labute approximate surface area is 188 Å². The van der Waals surface area contributed by atoms with Gasteiger partial charge in [0.25, 0.3) is 0 Å². The first-order valence-corrected chi connectivity index (χ1v) is 10.6. The lowest BCUT2D eigenvalue weighted by atomic mass is 10.1. The Balaban J connectivity index is 1.90. The first-order valence-electron chi connectivity index (χ1n) is 10.6. The normalized spacial score (nSPS) is 10.8. The van der Waals surface area contributed by atoms with Gasteiger partial charge in [0.2, 0.25) is 5.91 Å². The highest BCUT2D eigenvalue weighted by Crippen LogP contribution is 2.16. The van der Waals surface area contributed by atoms with Crippen LogP contribution in [0.5, 0.6) is 0 Å². The number of amides is 1. The number of hydrogen-bond donors (Lipinski definition) is 0. The predicted molar refractivity (Wildman–Crippen MR) is 122 cm³/mol. The van der Waals surface area contributed by atoms with Crippen molar-refractivity contribution in [1.29, 1.82) is 0 Å². The Bertz CT molecular complexity index is 917. The summed E-state index contributed by atoms with van der Waals surface area (Å²) in [5.74, 6) is -0.561. The minimum absolute atomic E-state index is 0.0542. The molecule has 0 fully saturated rings. The van der Waals surface area contributed by atoms with E-state index >= 15 is 0 Å². The molecule has 0 heterocycles. The molecule has 0 atom stereocenters. The third-order valence-corrected chi connectivity index (χ3v) is 4.40. The molecule has 0 aliphatic carbocycles. The maximum atomic E-state index is 12.8. The molecule has 8 heteroatoms. The molecule has 2 aromatic rings. The van der Waals surface area contributed by atoms with Crippen molar-refractivity contribution in [2.24, 2.45) is 5.11 Å². The lowest BCUT2D eigenvalue weighted by molar-refractivity contribution is -0.194. The Morgan fingerprint density at radius 2 is 1.69 bits per heavy atom. The van der Waals surface area contributed by atoms with Crippen LogP contribution in [0.3, 0.4) is 0 Å². The lowest BCUT2D eigenvalue weighted by Crippen LogP contribution is -2.34. The Hall–Kier alpha value is -3.35. The molecule has 32 heavy (non-hydrogen) atoms. The number of azide groups is 1. The van der Waals surface area contributed by atoms with Crippen LogP contribution in [0.15, 0.2) is 59.7 Å². The van der Waals surface area contributed by atoms with Crippen molar-refractivity contribution in [2.45, 2.75) is 58.7 Å². The van der Waals surface area contributed by atoms with Gasteiger partial charge in [-0.25, -0.2) is 5.06 Å². The average molecular weight is 439 g/mol. The molecule has 0 aromatic heterocycles. The number of rotatable bonds is 11. The molecule has 2 aromatic carbocycles. The van der Waals surface area contributed by atoms with Crippen LogP contribution in [-0.2, 0) is 32.2 Å². The summed E-state index contributed by atoms with van der Waals surface area (Å²) < 4.78 is 5.33. The van der Waals surface area contributed by atoms with E-state index in [2.05, 4.69) is 10.0 Å². The third kappa shape index (κ3) is 9.64. The molecule has 1 amide bonds. The quantitative estimate of drug-likeness (QED) is 0.149. The van der Waals surface area contributed by atoms with Crippen LogP contribution in [0.2, 0.25) is 0 Å². The van der Waals surface area contributed by atoms with E-state index in [1.54, 1.807) is 32.9 Å². The van der Waals surface area contributed by atoms with Gasteiger partial charge < -0.3 is 4.74 Å². The summed E-state index contributed by atoms with van der Waals surface area (Å²) in [5.41, 5.74) is 10.4. The highest BCUT2D eigenvalue weighted by Gasteiger charge is 2.20. The van der Waals surface area contributed by atoms with Gasteiger partial charge in [0, 0.05) is 17.0 Å². The standard InChI is InChI=1S/C24H30N4O4/c1-24(2,3)32-23(30)16-17-28(31-18-20-8-5-4-6-9-20)22(29)11-7-10-19-12-14-21(15-13-19)26-27-25/h4-6,8-9,12-15H,7,10-11,16-18H2,1-3H3. The van der Waals surface area contributed by atoms with Crippen molar-refractivity contribution >= 4 is 17.6 Å². The van der Waals surface area contributed by atoms with Gasteiger partial charge in [-0.15, -0.1) is 0 Å². The molecule has 0 saturated carbocycles. The first kappa shape index (κ1) is 24.9. The SMILES string of the molecule is CC(C)(C)OC(=O)CCN(OCc1ccccc1)C(=O)CCCc1ccc(N=[N+]=[N-])cc1. The molecule has 0 radical (unpaired) electrons. The van der Waals surface area contributed by atoms with Gasteiger partial charge in [0.05, 0.1) is 13.0 Å². The van der Waals surface area contributed by atoms with Crippen LogP contribution in [-0.4, -0.2) is 29.1 Å². The second kappa shape index (κ2) is 12.5. The summed E-state index contributed by atoms with van der Waals surface area (Å²) in [5, 5.41) is 4.81. The van der Waals surface area contributed by atoms with Crippen LogP contribution in [0, 0.1) is 0 Å². The summed E-state index contributed by atoms with van der Waals surface area (Å²) in [6.07, 6.45) is 1.65. The van der Waals surface area contributed by atoms with Gasteiger partial charge in [-0.05, 0) is 50.3 Å². The minimum Gasteiger partial charge on any atom is -0.460 e. The second-order valence-electron chi connectivity index (χ2n) is 8.30. The molecular weight excluding hydrogens is 408 g/mol. The highest BCUT2D eigenvalue weighted by atomic mass is 16.7. The van der Waals surface area contributed by atoms with E-state index in [0.29, 0.717) is 18.5 Å². The van der Waals surface area contributed by atoms with Crippen LogP contribution < -0.4 is 0 Å². The second-order valence-corrected chi connectivity index (χ2v) is 8.30. The molecule has 0 saturated heterocycles. The van der Waals surface area contributed by atoms with Gasteiger partial charge in [-0.1, -0.05) is 59.7 Å². The van der Waals surface area contributed by atoms with E-state index in [0.717, 1.165) is 11.1 Å². The van der Waals surface area contributed by atoms with Crippen molar-refractivity contribution in [3.63, 3.8) is 0 Å². The first-order chi connectivity index (χ1) is 15.3. The maximum absolute atomic E-state index is 12.8. The molecule has 0 unspecified atom stereocenters. The topological polar surface area (TPSA) is 105 Å². The fourth-order valence-electron chi connectivity index (χ4n) is 2.92. The summed E-state index contributed by atoms with van der Waals surface area (Å²) >= 11 is 0. The van der Waals surface area contributed by atoms with Crippen molar-refractivity contribution in [1.82, 2.24) is 5.06 Å². The number of nitrogens with zero attached hydrogens (tertiary/aromatic N) is 4. The van der Waals surface area contributed by atoms with Crippen molar-refractivity contribution in [3.8, 4) is 0 Å². The van der Waals surface area contributed by atoms with Crippen LogP contribution in [0.1, 0.15) is 51.2 Å². The largest absolute Gasteiger partial charge is 0.460 e. The average Bonchev–Trinajstić information content (AvgIpc) is 2.74. The number of esters is 1. The zero-order valence-corrected chi connectivity index (χ0v) is 18.9. The molecule has 170 valence electrons. The zero-order valence-electron chi connectivity index (χ0n) is 18.9. The smallest absolute Gasteiger partial charge is 0.308 e. The van der Waals surface area contributed by atoms with Crippen molar-refractivity contribution < 1.29 is 19.2 Å². The zero-order chi connectivity index (χ0) is 23.4. The van der Waals surface area contributed by atoms with E-state index in [4.69, 9.17) is 15.1 Å². The Morgan fingerprint density at radius 1 is 1.00 bits per heavy atom. The lowest BCUT2D eigenvalue weighted by Gasteiger charge is -2.24. The maximum Gasteiger partial charge on any atom is 0.308 e. The highest BCUT2D eigenvalue weighted by molar-refractivity contribution is 5.76.